The molecule has 0 unspecified atom stereocenters. The van der Waals surface area contributed by atoms with Crippen LogP contribution in [-0.2, 0) is 54.2 Å². The molecule has 0 aliphatic carbocycles. The number of esters is 4. The van der Waals surface area contributed by atoms with E-state index in [4.69, 9.17) is 23.7 Å². The van der Waals surface area contributed by atoms with Gasteiger partial charge < -0.3 is 28.4 Å². The van der Waals surface area contributed by atoms with Crippen LogP contribution in [-0.4, -0.2) is 71.5 Å². The van der Waals surface area contributed by atoms with Crippen LogP contribution in [0.15, 0.2) is 18.2 Å². The molecule has 36 heavy (non-hydrogen) atoms. The summed E-state index contributed by atoms with van der Waals surface area (Å²) >= 11 is 0. The minimum absolute atomic E-state index is 0.460. The number of carbonyl (C=O) groups excluding carboxylic acids is 4. The Balaban J connectivity index is 2.54. The highest BCUT2D eigenvalue weighted by Crippen LogP contribution is 2.33. The van der Waals surface area contributed by atoms with Gasteiger partial charge in [0.2, 0.25) is 0 Å². The lowest BCUT2D eigenvalue weighted by Crippen LogP contribution is -2.63. The minimum Gasteiger partial charge on any atom is -0.467 e. The monoisotopic (exact) mass is 514 g/mol. The fourth-order valence-corrected chi connectivity index (χ4v) is 3.43. The molecule has 0 N–H and O–H groups in total. The summed E-state index contributed by atoms with van der Waals surface area (Å²) in [7, 11) is 0.988. The summed E-state index contributed by atoms with van der Waals surface area (Å²) in [5.41, 5.74) is -1.76. The molecule has 16 heteroatoms. The number of benzene rings is 1. The number of carbonyl (C=O) groups is 4. The molecule has 2 rings (SSSR count). The Hall–Kier alpha value is -4.18. The van der Waals surface area contributed by atoms with E-state index in [0.717, 1.165) is 46.1 Å². The third-order valence-electron chi connectivity index (χ3n) is 4.75. The van der Waals surface area contributed by atoms with Crippen LogP contribution in [0.25, 0.3) is 0 Å². The maximum absolute atomic E-state index is 12.4. The first-order chi connectivity index (χ1) is 16.9. The number of hydrogen-bond acceptors (Lipinski definition) is 14. The third kappa shape index (κ3) is 6.70. The predicted molar refractivity (Wildman–Crippen MR) is 112 cm³/mol. The van der Waals surface area contributed by atoms with Crippen molar-refractivity contribution in [2.75, 3.05) is 7.11 Å². The Kier molecular flexibility index (Phi) is 9.34. The summed E-state index contributed by atoms with van der Waals surface area (Å²) in [6.45, 7) is 2.15. The van der Waals surface area contributed by atoms with E-state index in [1.165, 1.54) is 0 Å². The molecule has 0 radical (unpaired) electrons. The molecule has 0 saturated carbocycles. The molecule has 196 valence electrons. The molecule has 5 atom stereocenters. The molecule has 16 nitrogen and oxygen atoms in total. The van der Waals surface area contributed by atoms with Crippen molar-refractivity contribution < 1.29 is 57.4 Å². The second-order valence-electron chi connectivity index (χ2n) is 7.27. The summed E-state index contributed by atoms with van der Waals surface area (Å²) < 4.78 is 31.1. The first kappa shape index (κ1) is 28.1. The lowest BCUT2D eigenvalue weighted by Gasteiger charge is -2.43. The predicted octanol–water partition coefficient (Wildman–Crippen LogP) is 0.713. The fraction of sp³-hybridized carbons (Fsp3) is 0.500. The highest BCUT2D eigenvalue weighted by Gasteiger charge is 2.55. The summed E-state index contributed by atoms with van der Waals surface area (Å²) in [6, 6.07) is 3.12. The van der Waals surface area contributed by atoms with Gasteiger partial charge in [0.15, 0.2) is 30.7 Å². The van der Waals surface area contributed by atoms with Crippen molar-refractivity contribution in [3.8, 4) is 0 Å². The average molecular weight is 514 g/mol. The van der Waals surface area contributed by atoms with Crippen molar-refractivity contribution in [2.45, 2.75) is 58.1 Å². The topological polar surface area (TPSA) is 210 Å². The lowest BCUT2D eigenvalue weighted by molar-refractivity contribution is -0.396. The van der Waals surface area contributed by atoms with Crippen LogP contribution < -0.4 is 0 Å². The van der Waals surface area contributed by atoms with Gasteiger partial charge >= 0.3 is 23.9 Å². The van der Waals surface area contributed by atoms with E-state index in [1.807, 2.05) is 0 Å². The van der Waals surface area contributed by atoms with Crippen LogP contribution in [0, 0.1) is 20.2 Å². The van der Waals surface area contributed by atoms with E-state index in [2.05, 4.69) is 4.74 Å². The van der Waals surface area contributed by atoms with E-state index < -0.39 is 88.0 Å². The number of nitrogens with zero attached hydrogens (tertiary/aromatic N) is 2. The van der Waals surface area contributed by atoms with Crippen molar-refractivity contribution in [3.63, 3.8) is 0 Å². The maximum Gasteiger partial charge on any atom is 0.339 e. The maximum atomic E-state index is 12.4. The average Bonchev–Trinajstić information content (AvgIpc) is 2.78. The number of nitro groups is 2. The standard InChI is InChI=1S/C20H22N2O14/c1-9(23)33-15-16(34-10(2)24)18(35-11(3)25)20(36-17(15)19(26)31-4)32-8-12-13(21(27)28)6-5-7-14(12)22(29)30/h5-7,15-18,20H,8H2,1-4H3/t15-,16-,17-,18+,20+/m0/s1. The van der Waals surface area contributed by atoms with Gasteiger partial charge in [-0.15, -0.1) is 0 Å². The smallest absolute Gasteiger partial charge is 0.339 e. The second kappa shape index (κ2) is 12.0. The SMILES string of the molecule is COC(=O)[C@H]1O[C@@H](OCc2c([N+](=O)[O-])cccc2[N+](=O)[O-])[C@H](OC(C)=O)[C@@H](OC(C)=O)[C@@H]1OC(C)=O. The summed E-state index contributed by atoms with van der Waals surface area (Å²) in [6.07, 6.45) is -8.52. The van der Waals surface area contributed by atoms with Gasteiger partial charge in [0, 0.05) is 32.9 Å². The molecule has 1 aromatic rings. The number of methoxy groups -OCH3 is 1. The number of hydrogen-bond donors (Lipinski definition) is 0. The summed E-state index contributed by atoms with van der Waals surface area (Å²) in [5, 5.41) is 22.8. The van der Waals surface area contributed by atoms with E-state index in [1.54, 1.807) is 0 Å². The van der Waals surface area contributed by atoms with E-state index in [0.29, 0.717) is 0 Å². The first-order valence-electron chi connectivity index (χ1n) is 10.1. The molecule has 1 aliphatic heterocycles. The quantitative estimate of drug-likeness (QED) is 0.192. The van der Waals surface area contributed by atoms with Gasteiger partial charge in [-0.3, -0.25) is 34.6 Å². The Bertz CT molecular complexity index is 1020. The van der Waals surface area contributed by atoms with Gasteiger partial charge in [-0.05, 0) is 6.07 Å². The van der Waals surface area contributed by atoms with Gasteiger partial charge in [0.1, 0.15) is 5.56 Å². The Morgan fingerprint density at radius 3 is 1.78 bits per heavy atom. The Labute approximate surface area is 202 Å². The van der Waals surface area contributed by atoms with Crippen LogP contribution in [0.4, 0.5) is 11.4 Å². The van der Waals surface area contributed by atoms with Crippen molar-refractivity contribution in [1.82, 2.24) is 0 Å². The fourth-order valence-electron chi connectivity index (χ4n) is 3.43. The molecule has 0 aromatic heterocycles. The molecule has 1 heterocycles. The zero-order valence-electron chi connectivity index (χ0n) is 19.4. The van der Waals surface area contributed by atoms with Crippen molar-refractivity contribution >= 4 is 35.3 Å². The van der Waals surface area contributed by atoms with Crippen LogP contribution in [0.3, 0.4) is 0 Å². The normalized spacial score (nSPS) is 23.2. The molecule has 0 amide bonds. The van der Waals surface area contributed by atoms with Crippen LogP contribution in [0.1, 0.15) is 26.3 Å². The van der Waals surface area contributed by atoms with Crippen molar-refractivity contribution in [3.05, 3.63) is 44.0 Å². The number of nitro benzene ring substituents is 2. The van der Waals surface area contributed by atoms with Crippen molar-refractivity contribution in [1.29, 1.82) is 0 Å². The highest BCUT2D eigenvalue weighted by atomic mass is 16.7. The summed E-state index contributed by atoms with van der Waals surface area (Å²) in [4.78, 5) is 68.8. The second-order valence-corrected chi connectivity index (χ2v) is 7.27. The Morgan fingerprint density at radius 1 is 0.861 bits per heavy atom. The third-order valence-corrected chi connectivity index (χ3v) is 4.75. The number of rotatable bonds is 9. The molecule has 0 spiro atoms. The zero-order valence-corrected chi connectivity index (χ0v) is 19.4. The molecule has 1 aromatic carbocycles. The largest absolute Gasteiger partial charge is 0.467 e. The summed E-state index contributed by atoms with van der Waals surface area (Å²) in [5.74, 6) is -3.85. The van der Waals surface area contributed by atoms with Gasteiger partial charge in [-0.1, -0.05) is 0 Å². The highest BCUT2D eigenvalue weighted by molar-refractivity contribution is 5.77. The molecular formula is C20H22N2O14. The van der Waals surface area contributed by atoms with E-state index >= 15 is 0 Å². The van der Waals surface area contributed by atoms with Gasteiger partial charge in [0.05, 0.1) is 23.6 Å². The van der Waals surface area contributed by atoms with Crippen LogP contribution >= 0.6 is 0 Å². The molecule has 1 saturated heterocycles. The van der Waals surface area contributed by atoms with Crippen LogP contribution in [0.5, 0.6) is 0 Å². The lowest BCUT2D eigenvalue weighted by atomic mass is 9.97. The zero-order chi connectivity index (χ0) is 27.2. The first-order valence-corrected chi connectivity index (χ1v) is 10.1. The molecular weight excluding hydrogens is 492 g/mol. The van der Waals surface area contributed by atoms with Crippen molar-refractivity contribution in [2.24, 2.45) is 0 Å². The minimum atomic E-state index is -1.78. The van der Waals surface area contributed by atoms with E-state index in [-0.39, 0.29) is 0 Å². The Morgan fingerprint density at radius 2 is 1.33 bits per heavy atom. The molecule has 0 bridgehead atoms. The van der Waals surface area contributed by atoms with Gasteiger partial charge in [-0.2, -0.15) is 0 Å². The van der Waals surface area contributed by atoms with Gasteiger partial charge in [-0.25, -0.2) is 4.79 Å². The molecule has 1 fully saturated rings. The number of ether oxygens (including phenoxy) is 6. The van der Waals surface area contributed by atoms with E-state index in [9.17, 15) is 39.4 Å². The van der Waals surface area contributed by atoms with Crippen LogP contribution in [0.2, 0.25) is 0 Å². The van der Waals surface area contributed by atoms with Gasteiger partial charge in [0.25, 0.3) is 11.4 Å². The molecule has 1 aliphatic rings.